The molecular formula is C32H37NOS. The van der Waals surface area contributed by atoms with Gasteiger partial charge in [-0.05, 0) is 85.6 Å². The molecule has 2 fully saturated rings. The Hall–Kier alpha value is -2.39. The van der Waals surface area contributed by atoms with Gasteiger partial charge in [0, 0.05) is 21.8 Å². The monoisotopic (exact) mass is 483 g/mol. The lowest BCUT2D eigenvalue weighted by atomic mass is 9.59. The number of hydrogen-bond donors (Lipinski definition) is 0. The van der Waals surface area contributed by atoms with Crippen LogP contribution in [0.1, 0.15) is 76.0 Å². The fourth-order valence-corrected chi connectivity index (χ4v) is 8.68. The van der Waals surface area contributed by atoms with Gasteiger partial charge in [0.25, 0.3) is 0 Å². The third-order valence-corrected chi connectivity index (χ3v) is 10.4. The van der Waals surface area contributed by atoms with E-state index in [1.165, 1.54) is 84.4 Å². The third-order valence-electron chi connectivity index (χ3n) is 9.38. The second-order valence-electron chi connectivity index (χ2n) is 10.8. The molecule has 2 saturated carbocycles. The molecule has 0 N–H and O–H groups in total. The minimum atomic E-state index is 0.341. The van der Waals surface area contributed by atoms with Crippen molar-refractivity contribution in [3.8, 4) is 16.9 Å². The smallest absolute Gasteiger partial charge is 0.127 e. The predicted molar refractivity (Wildman–Crippen MR) is 150 cm³/mol. The molecule has 3 heteroatoms. The van der Waals surface area contributed by atoms with Gasteiger partial charge in [0.15, 0.2) is 0 Å². The van der Waals surface area contributed by atoms with Gasteiger partial charge < -0.3 is 4.74 Å². The van der Waals surface area contributed by atoms with Crippen LogP contribution in [0.2, 0.25) is 0 Å². The Morgan fingerprint density at radius 3 is 2.17 bits per heavy atom. The molecule has 35 heavy (non-hydrogen) atoms. The van der Waals surface area contributed by atoms with E-state index in [0.717, 1.165) is 28.8 Å². The molecule has 6 rings (SSSR count). The zero-order valence-corrected chi connectivity index (χ0v) is 22.2. The van der Waals surface area contributed by atoms with E-state index in [9.17, 15) is 0 Å². The fourth-order valence-electron chi connectivity index (χ4n) is 7.83. The maximum Gasteiger partial charge on any atom is 0.127 e. The molecule has 2 nitrogen and oxygen atoms in total. The van der Waals surface area contributed by atoms with Crippen LogP contribution in [0.25, 0.3) is 32.1 Å². The number of rotatable bonds is 6. The number of ether oxygens (including phenoxy) is 1. The number of hydrogen-bond acceptors (Lipinski definition) is 3. The molecule has 2 aromatic heterocycles. The van der Waals surface area contributed by atoms with Crippen LogP contribution in [-0.4, -0.2) is 12.1 Å². The summed E-state index contributed by atoms with van der Waals surface area (Å²) in [6.07, 6.45) is 12.5. The third kappa shape index (κ3) is 3.61. The van der Waals surface area contributed by atoms with Gasteiger partial charge in [0.05, 0.1) is 23.0 Å². The van der Waals surface area contributed by atoms with E-state index < -0.39 is 0 Å². The van der Waals surface area contributed by atoms with Crippen LogP contribution in [0, 0.1) is 18.8 Å². The molecule has 0 atom stereocenters. The van der Waals surface area contributed by atoms with E-state index >= 15 is 0 Å². The SMILES string of the molecule is CCC(c1ccc(-c2c(OC)ccc3nc(C)c4sccc4c23)cc1)(C1CCCC1)C1CCCC1. The number of methoxy groups -OCH3 is 1. The summed E-state index contributed by atoms with van der Waals surface area (Å²) in [4.78, 5) is 4.97. The fraction of sp³-hybridized carbons (Fsp3) is 0.469. The van der Waals surface area contributed by atoms with Gasteiger partial charge in [0.1, 0.15) is 5.75 Å². The molecule has 0 unspecified atom stereocenters. The van der Waals surface area contributed by atoms with Crippen molar-refractivity contribution >= 4 is 32.3 Å². The van der Waals surface area contributed by atoms with Crippen molar-refractivity contribution in [1.29, 1.82) is 0 Å². The molecule has 2 aliphatic rings. The van der Waals surface area contributed by atoms with Gasteiger partial charge in [-0.25, -0.2) is 0 Å². The van der Waals surface area contributed by atoms with E-state index in [2.05, 4.69) is 61.7 Å². The Morgan fingerprint density at radius 2 is 1.57 bits per heavy atom. The quantitative estimate of drug-likeness (QED) is 0.272. The number of thiophene rings is 1. The number of benzene rings is 2. The minimum absolute atomic E-state index is 0.341. The molecular weight excluding hydrogens is 446 g/mol. The van der Waals surface area contributed by atoms with Crippen molar-refractivity contribution in [2.45, 2.75) is 77.0 Å². The summed E-state index contributed by atoms with van der Waals surface area (Å²) in [5.74, 6) is 2.61. The number of pyridine rings is 1. The molecule has 2 aromatic carbocycles. The molecule has 0 amide bonds. The number of aromatic nitrogens is 1. The van der Waals surface area contributed by atoms with Gasteiger partial charge >= 0.3 is 0 Å². The summed E-state index contributed by atoms with van der Waals surface area (Å²) in [7, 11) is 1.79. The van der Waals surface area contributed by atoms with Gasteiger partial charge in [-0.2, -0.15) is 0 Å². The molecule has 0 aliphatic heterocycles. The van der Waals surface area contributed by atoms with E-state index in [1.807, 2.05) is 0 Å². The highest BCUT2D eigenvalue weighted by atomic mass is 32.1. The van der Waals surface area contributed by atoms with E-state index in [4.69, 9.17) is 9.72 Å². The molecule has 0 saturated heterocycles. The Balaban J connectivity index is 1.51. The maximum atomic E-state index is 5.92. The van der Waals surface area contributed by atoms with Gasteiger partial charge in [-0.3, -0.25) is 4.98 Å². The van der Waals surface area contributed by atoms with Crippen LogP contribution in [-0.2, 0) is 5.41 Å². The van der Waals surface area contributed by atoms with Crippen molar-refractivity contribution in [2.75, 3.05) is 7.11 Å². The highest BCUT2D eigenvalue weighted by Gasteiger charge is 2.46. The average Bonchev–Trinajstić information content (AvgIpc) is 3.68. The zero-order chi connectivity index (χ0) is 24.0. The van der Waals surface area contributed by atoms with E-state index in [1.54, 1.807) is 24.0 Å². The average molecular weight is 484 g/mol. The number of nitrogens with zero attached hydrogens (tertiary/aromatic N) is 1. The molecule has 0 bridgehead atoms. The summed E-state index contributed by atoms with van der Waals surface area (Å²) in [6.45, 7) is 4.58. The normalized spacial score (nSPS) is 17.7. The summed E-state index contributed by atoms with van der Waals surface area (Å²) in [6, 6.07) is 16.1. The molecule has 182 valence electrons. The van der Waals surface area contributed by atoms with Crippen molar-refractivity contribution in [3.63, 3.8) is 0 Å². The lowest BCUT2D eigenvalue weighted by Crippen LogP contribution is -2.40. The van der Waals surface area contributed by atoms with Crippen molar-refractivity contribution < 1.29 is 4.74 Å². The first-order chi connectivity index (χ1) is 17.2. The first kappa shape index (κ1) is 23.0. The lowest BCUT2D eigenvalue weighted by Gasteiger charge is -2.45. The van der Waals surface area contributed by atoms with Gasteiger partial charge in [0.2, 0.25) is 0 Å². The highest BCUT2D eigenvalue weighted by Crippen LogP contribution is 2.54. The van der Waals surface area contributed by atoms with Crippen LogP contribution in [0.3, 0.4) is 0 Å². The first-order valence-electron chi connectivity index (χ1n) is 13.6. The number of aryl methyl sites for hydroxylation is 1. The van der Waals surface area contributed by atoms with E-state index in [-0.39, 0.29) is 0 Å². The van der Waals surface area contributed by atoms with Crippen LogP contribution < -0.4 is 4.74 Å². The topological polar surface area (TPSA) is 22.1 Å². The highest BCUT2D eigenvalue weighted by molar-refractivity contribution is 7.17. The Morgan fingerprint density at radius 1 is 0.914 bits per heavy atom. The summed E-state index contributed by atoms with van der Waals surface area (Å²) in [5.41, 5.74) is 6.49. The zero-order valence-electron chi connectivity index (χ0n) is 21.4. The Labute approximate surface area is 213 Å². The van der Waals surface area contributed by atoms with Crippen LogP contribution >= 0.6 is 11.3 Å². The molecule has 0 spiro atoms. The standard InChI is InChI=1S/C32H37NOS/c1-4-32(23-9-5-6-10-23,24-11-7-8-12-24)25-15-13-22(14-16-25)29-28(34-3)18-17-27-30(29)26-19-20-35-31(26)21(2)33-27/h13-20,23-24H,4-12H2,1-3H3. The second-order valence-corrected chi connectivity index (χ2v) is 11.7. The predicted octanol–water partition coefficient (Wildman–Crippen LogP) is 9.46. The molecule has 0 radical (unpaired) electrons. The van der Waals surface area contributed by atoms with Gasteiger partial charge in [-0.1, -0.05) is 56.9 Å². The summed E-state index contributed by atoms with van der Waals surface area (Å²) < 4.78 is 7.19. The Bertz CT molecular complexity index is 1320. The molecule has 2 aliphatic carbocycles. The maximum absolute atomic E-state index is 5.92. The Kier molecular flexibility index (Phi) is 6.08. The first-order valence-corrected chi connectivity index (χ1v) is 14.5. The largest absolute Gasteiger partial charge is 0.496 e. The molecule has 4 aromatic rings. The lowest BCUT2D eigenvalue weighted by molar-refractivity contribution is 0.163. The van der Waals surface area contributed by atoms with Crippen molar-refractivity contribution in [3.05, 3.63) is 59.1 Å². The summed E-state index contributed by atoms with van der Waals surface area (Å²) in [5, 5.41) is 4.69. The van der Waals surface area contributed by atoms with E-state index in [0.29, 0.717) is 5.41 Å². The molecule has 2 heterocycles. The van der Waals surface area contributed by atoms with Crippen molar-refractivity contribution in [2.24, 2.45) is 11.8 Å². The van der Waals surface area contributed by atoms with Gasteiger partial charge in [-0.15, -0.1) is 11.3 Å². The van der Waals surface area contributed by atoms with Crippen molar-refractivity contribution in [1.82, 2.24) is 4.98 Å². The number of fused-ring (bicyclic) bond motifs is 3. The second kappa shape index (κ2) is 9.24. The van der Waals surface area contributed by atoms with Crippen LogP contribution in [0.15, 0.2) is 47.8 Å². The minimum Gasteiger partial charge on any atom is -0.496 e. The van der Waals surface area contributed by atoms with Crippen LogP contribution in [0.5, 0.6) is 5.75 Å². The van der Waals surface area contributed by atoms with Crippen LogP contribution in [0.4, 0.5) is 0 Å². The summed E-state index contributed by atoms with van der Waals surface area (Å²) >= 11 is 1.78.